The van der Waals surface area contributed by atoms with Gasteiger partial charge in [0.1, 0.15) is 5.01 Å². The molecule has 2 heterocycles. The lowest BCUT2D eigenvalue weighted by Gasteiger charge is -2.18. The minimum atomic E-state index is -0.580. The summed E-state index contributed by atoms with van der Waals surface area (Å²) < 4.78 is 5.13. The van der Waals surface area contributed by atoms with Crippen LogP contribution in [0.4, 0.5) is 0 Å². The molecule has 0 amide bonds. The van der Waals surface area contributed by atoms with Crippen LogP contribution in [-0.2, 0) is 10.2 Å². The molecule has 0 bridgehead atoms. The van der Waals surface area contributed by atoms with Gasteiger partial charge in [0, 0.05) is 10.9 Å². The molecule has 0 spiro atoms. The number of hydrogen-bond donors (Lipinski definition) is 0. The highest BCUT2D eigenvalue weighted by Gasteiger charge is 2.17. The number of thiophene rings is 1. The van der Waals surface area contributed by atoms with Crippen LogP contribution in [0.25, 0.3) is 9.88 Å². The molecule has 134 valence electrons. The molecule has 0 N–H and O–H groups in total. The number of benzene rings is 1. The van der Waals surface area contributed by atoms with Gasteiger partial charge < -0.3 is 4.74 Å². The summed E-state index contributed by atoms with van der Waals surface area (Å²) in [7, 11) is 0. The lowest BCUT2D eigenvalue weighted by molar-refractivity contribution is 0.0470. The van der Waals surface area contributed by atoms with Crippen molar-refractivity contribution in [2.24, 2.45) is 0 Å². The third kappa shape index (κ3) is 4.26. The number of carbonyl (C=O) groups is 2. The van der Waals surface area contributed by atoms with Crippen molar-refractivity contribution in [2.75, 3.05) is 6.61 Å². The van der Waals surface area contributed by atoms with Gasteiger partial charge in [-0.3, -0.25) is 4.79 Å². The number of carbonyl (C=O) groups excluding carboxylic acids is 2. The molecule has 2 aromatic heterocycles. The Hall–Kier alpha value is -2.31. The van der Waals surface area contributed by atoms with E-state index in [0.29, 0.717) is 5.56 Å². The number of nitrogens with zero attached hydrogens (tertiary/aromatic N) is 1. The van der Waals surface area contributed by atoms with E-state index in [1.165, 1.54) is 11.3 Å². The van der Waals surface area contributed by atoms with Gasteiger partial charge in [0.15, 0.2) is 18.1 Å². The first kappa shape index (κ1) is 18.5. The van der Waals surface area contributed by atoms with Crippen LogP contribution in [0.5, 0.6) is 0 Å². The van der Waals surface area contributed by atoms with E-state index in [1.807, 2.05) is 29.6 Å². The van der Waals surface area contributed by atoms with E-state index < -0.39 is 5.97 Å². The molecule has 4 nitrogen and oxygen atoms in total. The lowest BCUT2D eigenvalue weighted by atomic mass is 9.86. The Bertz CT molecular complexity index is 903. The van der Waals surface area contributed by atoms with Crippen LogP contribution in [0.15, 0.2) is 47.2 Å². The minimum Gasteiger partial charge on any atom is -0.453 e. The number of thiazole rings is 1. The molecular weight excluding hydrogens is 366 g/mol. The van der Waals surface area contributed by atoms with Crippen molar-refractivity contribution in [3.63, 3.8) is 0 Å². The second-order valence-corrected chi connectivity index (χ2v) is 8.65. The maximum absolute atomic E-state index is 12.2. The number of Topliss-reactive ketones (excluding diaryl/α,β-unsaturated/α-hetero) is 1. The van der Waals surface area contributed by atoms with Gasteiger partial charge in [-0.2, -0.15) is 0 Å². The van der Waals surface area contributed by atoms with Gasteiger partial charge in [-0.05, 0) is 22.4 Å². The Kier molecular flexibility index (Phi) is 5.34. The van der Waals surface area contributed by atoms with Crippen molar-refractivity contribution in [1.82, 2.24) is 4.98 Å². The second-order valence-electron chi connectivity index (χ2n) is 6.84. The summed E-state index contributed by atoms with van der Waals surface area (Å²) in [5.41, 5.74) is 1.94. The van der Waals surface area contributed by atoms with Crippen molar-refractivity contribution >= 4 is 34.4 Å². The van der Waals surface area contributed by atoms with Gasteiger partial charge in [-0.25, -0.2) is 9.78 Å². The van der Waals surface area contributed by atoms with Crippen molar-refractivity contribution in [3.8, 4) is 9.88 Å². The molecule has 26 heavy (non-hydrogen) atoms. The average molecular weight is 386 g/mol. The first-order chi connectivity index (χ1) is 12.3. The van der Waals surface area contributed by atoms with E-state index in [1.54, 1.807) is 28.8 Å². The molecule has 0 unspecified atom stereocenters. The van der Waals surface area contributed by atoms with E-state index in [0.717, 1.165) is 15.4 Å². The maximum Gasteiger partial charge on any atom is 0.358 e. The average Bonchev–Trinajstić information content (AvgIpc) is 3.29. The first-order valence-corrected chi connectivity index (χ1v) is 9.91. The Morgan fingerprint density at radius 3 is 2.42 bits per heavy atom. The molecule has 0 radical (unpaired) electrons. The summed E-state index contributed by atoms with van der Waals surface area (Å²) in [6.07, 6.45) is 0. The fourth-order valence-electron chi connectivity index (χ4n) is 2.33. The molecule has 6 heteroatoms. The molecule has 0 aliphatic rings. The topological polar surface area (TPSA) is 56.3 Å². The van der Waals surface area contributed by atoms with E-state index in [-0.39, 0.29) is 23.5 Å². The van der Waals surface area contributed by atoms with Gasteiger partial charge in [-0.15, -0.1) is 22.7 Å². The van der Waals surface area contributed by atoms with Gasteiger partial charge in [0.05, 0.1) is 4.88 Å². The van der Waals surface area contributed by atoms with Crippen LogP contribution in [0.1, 0.15) is 47.2 Å². The predicted octanol–water partition coefficient (Wildman–Crippen LogP) is 5.21. The molecular formula is C20H19NO3S2. The van der Waals surface area contributed by atoms with Crippen LogP contribution in [-0.4, -0.2) is 23.3 Å². The fraction of sp³-hybridized carbons (Fsp3) is 0.250. The first-order valence-electron chi connectivity index (χ1n) is 8.15. The summed E-state index contributed by atoms with van der Waals surface area (Å²) >= 11 is 2.94. The molecule has 0 atom stereocenters. The zero-order chi connectivity index (χ0) is 18.7. The third-order valence-corrected chi connectivity index (χ3v) is 5.73. The number of ether oxygens (including phenoxy) is 1. The van der Waals surface area contributed by atoms with Crippen LogP contribution in [0.3, 0.4) is 0 Å². The van der Waals surface area contributed by atoms with Crippen LogP contribution < -0.4 is 0 Å². The van der Waals surface area contributed by atoms with Crippen molar-refractivity contribution in [3.05, 3.63) is 64.0 Å². The largest absolute Gasteiger partial charge is 0.453 e. The van der Waals surface area contributed by atoms with E-state index in [2.05, 4.69) is 25.8 Å². The second kappa shape index (κ2) is 7.51. The van der Waals surface area contributed by atoms with Crippen molar-refractivity contribution in [1.29, 1.82) is 0 Å². The molecule has 3 aromatic rings. The smallest absolute Gasteiger partial charge is 0.358 e. The number of ketones is 1. The summed E-state index contributed by atoms with van der Waals surface area (Å²) in [4.78, 5) is 29.7. The summed E-state index contributed by atoms with van der Waals surface area (Å²) in [5.74, 6) is -0.809. The van der Waals surface area contributed by atoms with E-state index in [4.69, 9.17) is 4.74 Å². The molecule has 3 rings (SSSR count). The monoisotopic (exact) mass is 385 g/mol. The number of esters is 1. The normalized spacial score (nSPS) is 11.3. The van der Waals surface area contributed by atoms with Crippen molar-refractivity contribution < 1.29 is 14.3 Å². The Labute approximate surface area is 160 Å². The lowest BCUT2D eigenvalue weighted by Crippen LogP contribution is -2.15. The quantitative estimate of drug-likeness (QED) is 0.447. The summed E-state index contributed by atoms with van der Waals surface area (Å²) in [6.45, 7) is 6.05. The Morgan fingerprint density at radius 2 is 1.81 bits per heavy atom. The zero-order valence-corrected chi connectivity index (χ0v) is 16.4. The third-order valence-electron chi connectivity index (χ3n) is 3.85. The highest BCUT2D eigenvalue weighted by molar-refractivity contribution is 7.20. The van der Waals surface area contributed by atoms with Crippen LogP contribution >= 0.6 is 22.7 Å². The Balaban J connectivity index is 1.60. The number of hydrogen-bond acceptors (Lipinski definition) is 6. The number of rotatable bonds is 5. The summed E-state index contributed by atoms with van der Waals surface area (Å²) in [5, 5.41) is 4.38. The van der Waals surface area contributed by atoms with Crippen LogP contribution in [0.2, 0.25) is 0 Å². The standard InChI is InChI=1S/C20H19NO3S2/c1-20(2,3)14-8-6-13(7-9-14)16(22)11-24-19(23)15-12-26-18(21-15)17-5-4-10-25-17/h4-10,12H,11H2,1-3H3. The minimum absolute atomic E-state index is 0.0267. The molecule has 0 saturated heterocycles. The highest BCUT2D eigenvalue weighted by Crippen LogP contribution is 2.28. The van der Waals surface area contributed by atoms with Gasteiger partial charge in [0.2, 0.25) is 0 Å². The number of aromatic nitrogens is 1. The van der Waals surface area contributed by atoms with Gasteiger partial charge in [0.25, 0.3) is 0 Å². The molecule has 1 aromatic carbocycles. The fourth-order valence-corrected chi connectivity index (χ4v) is 3.93. The molecule has 0 fully saturated rings. The van der Waals surface area contributed by atoms with Gasteiger partial charge in [-0.1, -0.05) is 51.1 Å². The molecule has 0 aliphatic heterocycles. The molecule has 0 aliphatic carbocycles. The SMILES string of the molecule is CC(C)(C)c1ccc(C(=O)COC(=O)c2csc(-c3cccs3)n2)cc1. The molecule has 0 saturated carbocycles. The maximum atomic E-state index is 12.2. The van der Waals surface area contributed by atoms with Gasteiger partial charge >= 0.3 is 5.97 Å². The Morgan fingerprint density at radius 1 is 1.08 bits per heavy atom. The van der Waals surface area contributed by atoms with E-state index in [9.17, 15) is 9.59 Å². The zero-order valence-electron chi connectivity index (χ0n) is 14.8. The highest BCUT2D eigenvalue weighted by atomic mass is 32.1. The van der Waals surface area contributed by atoms with Crippen LogP contribution in [0, 0.1) is 0 Å². The summed E-state index contributed by atoms with van der Waals surface area (Å²) in [6, 6.07) is 11.3. The van der Waals surface area contributed by atoms with Crippen molar-refractivity contribution in [2.45, 2.75) is 26.2 Å². The van der Waals surface area contributed by atoms with E-state index >= 15 is 0 Å². The predicted molar refractivity (Wildman–Crippen MR) is 105 cm³/mol.